The van der Waals surface area contributed by atoms with Crippen LogP contribution in [0.5, 0.6) is 0 Å². The van der Waals surface area contributed by atoms with Gasteiger partial charge in [-0.15, -0.1) is 0 Å². The van der Waals surface area contributed by atoms with Crippen LogP contribution in [0.1, 0.15) is 37.4 Å². The Morgan fingerprint density at radius 3 is 3.19 bits per heavy atom. The Morgan fingerprint density at radius 2 is 2.38 bits per heavy atom. The van der Waals surface area contributed by atoms with E-state index < -0.39 is 0 Å². The fourth-order valence-electron chi connectivity index (χ4n) is 2.26. The van der Waals surface area contributed by atoms with E-state index in [1.165, 1.54) is 24.1 Å². The number of fused-ring (bicyclic) bond motifs is 1. The summed E-state index contributed by atoms with van der Waals surface area (Å²) in [5.74, 6) is 0. The van der Waals surface area contributed by atoms with E-state index in [4.69, 9.17) is 5.11 Å². The number of aliphatic hydroxyl groups excluding tert-OH is 1. The predicted octanol–water partition coefficient (Wildman–Crippen LogP) is 2.14. The largest absolute Gasteiger partial charge is 0.396 e. The van der Waals surface area contributed by atoms with Gasteiger partial charge in [0.15, 0.2) is 0 Å². The second-order valence-corrected chi connectivity index (χ2v) is 4.59. The van der Waals surface area contributed by atoms with Gasteiger partial charge in [0.1, 0.15) is 0 Å². The van der Waals surface area contributed by atoms with Crippen LogP contribution in [0.4, 0.5) is 5.69 Å². The van der Waals surface area contributed by atoms with Gasteiger partial charge in [-0.2, -0.15) is 0 Å². The van der Waals surface area contributed by atoms with Crippen molar-refractivity contribution in [2.75, 3.05) is 11.9 Å². The third-order valence-corrected chi connectivity index (χ3v) is 3.13. The number of nitrogens with zero attached hydrogens (tertiary/aromatic N) is 1. The van der Waals surface area contributed by atoms with E-state index in [2.05, 4.69) is 23.3 Å². The van der Waals surface area contributed by atoms with Gasteiger partial charge in [-0.25, -0.2) is 0 Å². The van der Waals surface area contributed by atoms with Gasteiger partial charge in [-0.3, -0.25) is 4.98 Å². The molecule has 1 aliphatic rings. The molecular weight excluding hydrogens is 200 g/mol. The first kappa shape index (κ1) is 11.4. The molecule has 16 heavy (non-hydrogen) atoms. The molecule has 0 saturated carbocycles. The van der Waals surface area contributed by atoms with Crippen LogP contribution in [0, 0.1) is 0 Å². The maximum absolute atomic E-state index is 8.77. The molecule has 0 fully saturated rings. The van der Waals surface area contributed by atoms with Crippen molar-refractivity contribution in [1.29, 1.82) is 0 Å². The van der Waals surface area contributed by atoms with E-state index in [9.17, 15) is 0 Å². The second-order valence-electron chi connectivity index (χ2n) is 4.59. The van der Waals surface area contributed by atoms with E-state index in [0.29, 0.717) is 6.04 Å². The second kappa shape index (κ2) is 5.30. The zero-order chi connectivity index (χ0) is 11.4. The van der Waals surface area contributed by atoms with Crippen molar-refractivity contribution in [3.8, 4) is 0 Å². The normalized spacial score (nSPS) is 15.9. The van der Waals surface area contributed by atoms with Gasteiger partial charge in [-0.05, 0) is 50.7 Å². The average molecular weight is 220 g/mol. The summed E-state index contributed by atoms with van der Waals surface area (Å²) in [4.78, 5) is 4.48. The summed E-state index contributed by atoms with van der Waals surface area (Å²) in [5, 5.41) is 12.2. The third kappa shape index (κ3) is 2.73. The van der Waals surface area contributed by atoms with E-state index >= 15 is 0 Å². The van der Waals surface area contributed by atoms with Crippen LogP contribution in [-0.4, -0.2) is 22.7 Å². The molecule has 0 saturated heterocycles. The summed E-state index contributed by atoms with van der Waals surface area (Å²) >= 11 is 0. The molecule has 2 N–H and O–H groups in total. The molecule has 3 heteroatoms. The zero-order valence-corrected chi connectivity index (χ0v) is 9.87. The van der Waals surface area contributed by atoms with Crippen molar-refractivity contribution in [2.45, 2.75) is 45.1 Å². The number of pyridine rings is 1. The topological polar surface area (TPSA) is 45.1 Å². The van der Waals surface area contributed by atoms with Crippen molar-refractivity contribution in [3.63, 3.8) is 0 Å². The molecule has 1 atom stereocenters. The Hall–Kier alpha value is -1.09. The Balaban J connectivity index is 1.94. The quantitative estimate of drug-likeness (QED) is 0.799. The fraction of sp³-hybridized carbons (Fsp3) is 0.615. The Morgan fingerprint density at radius 1 is 1.50 bits per heavy atom. The van der Waals surface area contributed by atoms with E-state index in [1.807, 2.05) is 6.20 Å². The van der Waals surface area contributed by atoms with Gasteiger partial charge in [-0.1, -0.05) is 0 Å². The molecule has 1 aromatic heterocycles. The monoisotopic (exact) mass is 220 g/mol. The lowest BCUT2D eigenvalue weighted by molar-refractivity contribution is 0.282. The van der Waals surface area contributed by atoms with Crippen molar-refractivity contribution < 1.29 is 5.11 Å². The Bertz CT molecular complexity index is 352. The number of aromatic nitrogens is 1. The number of hydrogen-bond donors (Lipinski definition) is 2. The van der Waals surface area contributed by atoms with Gasteiger partial charge in [0.2, 0.25) is 0 Å². The number of hydrogen-bond acceptors (Lipinski definition) is 3. The number of aryl methyl sites for hydroxylation is 2. The molecule has 3 nitrogen and oxygen atoms in total. The molecule has 0 spiro atoms. The van der Waals surface area contributed by atoms with Crippen molar-refractivity contribution in [1.82, 2.24) is 4.98 Å². The highest BCUT2D eigenvalue weighted by atomic mass is 16.2. The average Bonchev–Trinajstić information content (AvgIpc) is 2.73. The van der Waals surface area contributed by atoms with Gasteiger partial charge < -0.3 is 10.4 Å². The molecule has 1 aliphatic carbocycles. The Labute approximate surface area is 96.9 Å². The highest BCUT2D eigenvalue weighted by molar-refractivity contribution is 5.46. The maximum Gasteiger partial charge on any atom is 0.0531 e. The first-order valence-electron chi connectivity index (χ1n) is 6.15. The highest BCUT2D eigenvalue weighted by Crippen LogP contribution is 2.23. The van der Waals surface area contributed by atoms with E-state index in [1.54, 1.807) is 0 Å². The first-order valence-corrected chi connectivity index (χ1v) is 6.15. The number of nitrogens with one attached hydrogen (secondary N) is 1. The minimum absolute atomic E-state index is 0.272. The van der Waals surface area contributed by atoms with Crippen LogP contribution in [0.25, 0.3) is 0 Å². The van der Waals surface area contributed by atoms with Gasteiger partial charge in [0.05, 0.1) is 11.9 Å². The summed E-state index contributed by atoms with van der Waals surface area (Å²) in [5.41, 5.74) is 3.79. The standard InChI is InChI=1S/C13H20N2O/c1-10(4-3-7-16)15-12-8-11-5-2-6-13(11)14-9-12/h8-10,15-16H,2-7H2,1H3. The van der Waals surface area contributed by atoms with Crippen molar-refractivity contribution in [2.24, 2.45) is 0 Å². The Kier molecular flexibility index (Phi) is 3.78. The lowest BCUT2D eigenvalue weighted by Gasteiger charge is -2.15. The number of rotatable bonds is 5. The van der Waals surface area contributed by atoms with Gasteiger partial charge >= 0.3 is 0 Å². The van der Waals surface area contributed by atoms with Crippen LogP contribution in [0.2, 0.25) is 0 Å². The molecule has 0 aromatic carbocycles. The van der Waals surface area contributed by atoms with Gasteiger partial charge in [0, 0.05) is 18.3 Å². The maximum atomic E-state index is 8.77. The van der Waals surface area contributed by atoms with Gasteiger partial charge in [0.25, 0.3) is 0 Å². The third-order valence-electron chi connectivity index (χ3n) is 3.13. The van der Waals surface area contributed by atoms with Crippen LogP contribution < -0.4 is 5.32 Å². The smallest absolute Gasteiger partial charge is 0.0531 e. The summed E-state index contributed by atoms with van der Waals surface area (Å²) in [7, 11) is 0. The molecule has 0 amide bonds. The molecule has 0 aliphatic heterocycles. The number of anilines is 1. The highest BCUT2D eigenvalue weighted by Gasteiger charge is 2.12. The van der Waals surface area contributed by atoms with E-state index in [-0.39, 0.29) is 6.61 Å². The molecule has 1 unspecified atom stereocenters. The summed E-state index contributed by atoms with van der Waals surface area (Å²) in [6.07, 6.45) is 7.32. The SMILES string of the molecule is CC(CCCO)Nc1cnc2c(c1)CCC2. The molecule has 0 radical (unpaired) electrons. The molecule has 0 bridgehead atoms. The first-order chi connectivity index (χ1) is 7.79. The van der Waals surface area contributed by atoms with Crippen molar-refractivity contribution in [3.05, 3.63) is 23.5 Å². The van der Waals surface area contributed by atoms with Crippen LogP contribution in [0.15, 0.2) is 12.3 Å². The van der Waals surface area contributed by atoms with Crippen LogP contribution in [-0.2, 0) is 12.8 Å². The summed E-state index contributed by atoms with van der Waals surface area (Å²) in [6.45, 7) is 2.41. The molecule has 1 heterocycles. The molecule has 1 aromatic rings. The lowest BCUT2D eigenvalue weighted by atomic mass is 10.1. The fourth-order valence-corrected chi connectivity index (χ4v) is 2.26. The van der Waals surface area contributed by atoms with Crippen LogP contribution in [0.3, 0.4) is 0 Å². The van der Waals surface area contributed by atoms with E-state index in [0.717, 1.165) is 24.9 Å². The predicted molar refractivity (Wildman–Crippen MR) is 65.7 cm³/mol. The lowest BCUT2D eigenvalue weighted by Crippen LogP contribution is -2.15. The molecular formula is C13H20N2O. The summed E-state index contributed by atoms with van der Waals surface area (Å²) < 4.78 is 0. The number of aliphatic hydroxyl groups is 1. The zero-order valence-electron chi connectivity index (χ0n) is 9.87. The molecule has 88 valence electrons. The minimum atomic E-state index is 0.272. The molecule has 2 rings (SSSR count). The van der Waals surface area contributed by atoms with Crippen LogP contribution >= 0.6 is 0 Å². The van der Waals surface area contributed by atoms with Crippen molar-refractivity contribution >= 4 is 5.69 Å². The summed E-state index contributed by atoms with van der Waals surface area (Å²) in [6, 6.07) is 2.62. The minimum Gasteiger partial charge on any atom is -0.396 e.